The molecule has 2 heterocycles. The third kappa shape index (κ3) is 3.51. The Bertz CT molecular complexity index is 845. The summed E-state index contributed by atoms with van der Waals surface area (Å²) in [4.78, 5) is 11.5. The monoisotopic (exact) mass is 366 g/mol. The third-order valence-corrected chi connectivity index (χ3v) is 6.82. The van der Waals surface area contributed by atoms with Crippen LogP contribution in [0, 0.1) is 0 Å². The van der Waals surface area contributed by atoms with Gasteiger partial charge >= 0.3 is 5.97 Å². The van der Waals surface area contributed by atoms with E-state index >= 15 is 0 Å². The number of rotatable bonds is 5. The molecule has 1 unspecified atom stereocenters. The minimum atomic E-state index is -3.66. The predicted octanol–water partition coefficient (Wildman–Crippen LogP) is 1.70. The molecule has 24 heavy (non-hydrogen) atoms. The van der Waals surface area contributed by atoms with Crippen molar-refractivity contribution in [1.29, 1.82) is 0 Å². The van der Waals surface area contributed by atoms with Crippen LogP contribution < -0.4 is 10.0 Å². The molecular weight excluding hydrogens is 348 g/mol. The van der Waals surface area contributed by atoms with E-state index in [9.17, 15) is 13.2 Å². The Morgan fingerprint density at radius 2 is 2.21 bits per heavy atom. The molecule has 128 valence electrons. The highest BCUT2D eigenvalue weighted by Gasteiger charge is 2.24. The van der Waals surface area contributed by atoms with E-state index in [1.54, 1.807) is 0 Å². The van der Waals surface area contributed by atoms with Gasteiger partial charge in [0.15, 0.2) is 0 Å². The molecule has 0 bridgehead atoms. The van der Waals surface area contributed by atoms with Crippen LogP contribution in [0.2, 0.25) is 0 Å². The van der Waals surface area contributed by atoms with Crippen molar-refractivity contribution in [1.82, 2.24) is 10.0 Å². The summed E-state index contributed by atoms with van der Waals surface area (Å²) in [7, 11) is -2.40. The first-order valence-electron chi connectivity index (χ1n) is 7.49. The van der Waals surface area contributed by atoms with E-state index in [4.69, 9.17) is 0 Å². The topological polar surface area (TPSA) is 84.5 Å². The van der Waals surface area contributed by atoms with Crippen LogP contribution in [0.1, 0.15) is 27.5 Å². The van der Waals surface area contributed by atoms with E-state index < -0.39 is 16.0 Å². The Kier molecular flexibility index (Phi) is 5.00. The Morgan fingerprint density at radius 1 is 1.42 bits per heavy atom. The number of carbonyl (C=O) groups excluding carboxylic acids is 1. The van der Waals surface area contributed by atoms with Crippen LogP contribution in [0.5, 0.6) is 0 Å². The van der Waals surface area contributed by atoms with E-state index in [1.807, 2.05) is 18.2 Å². The first-order valence-corrected chi connectivity index (χ1v) is 9.85. The zero-order valence-corrected chi connectivity index (χ0v) is 14.7. The van der Waals surface area contributed by atoms with Crippen molar-refractivity contribution >= 4 is 27.3 Å². The normalized spacial score (nSPS) is 17.3. The van der Waals surface area contributed by atoms with Crippen molar-refractivity contribution in [2.75, 3.05) is 20.2 Å². The van der Waals surface area contributed by atoms with Crippen LogP contribution in [0.25, 0.3) is 0 Å². The van der Waals surface area contributed by atoms with Gasteiger partial charge < -0.3 is 10.1 Å². The number of ether oxygens (including phenoxy) is 1. The molecule has 2 aromatic rings. The summed E-state index contributed by atoms with van der Waals surface area (Å²) in [5.74, 6) is -0.546. The summed E-state index contributed by atoms with van der Waals surface area (Å²) < 4.78 is 32.2. The smallest absolute Gasteiger partial charge is 0.338 e. The number of benzene rings is 1. The molecule has 0 amide bonds. The molecule has 0 aliphatic carbocycles. The lowest BCUT2D eigenvalue weighted by Gasteiger charge is -2.27. The van der Waals surface area contributed by atoms with Crippen molar-refractivity contribution in [3.8, 4) is 0 Å². The van der Waals surface area contributed by atoms with Gasteiger partial charge in [-0.1, -0.05) is 24.3 Å². The van der Waals surface area contributed by atoms with Crippen LogP contribution in [0.4, 0.5) is 0 Å². The lowest BCUT2D eigenvalue weighted by molar-refractivity contribution is 0.0601. The molecule has 8 heteroatoms. The van der Waals surface area contributed by atoms with Gasteiger partial charge in [0.2, 0.25) is 10.0 Å². The molecule has 1 aliphatic rings. The second-order valence-corrected chi connectivity index (χ2v) is 8.36. The number of hydrogen-bond donors (Lipinski definition) is 2. The molecule has 2 N–H and O–H groups in total. The molecule has 0 saturated heterocycles. The van der Waals surface area contributed by atoms with Gasteiger partial charge in [0.05, 0.1) is 12.7 Å². The standard InChI is InChI=1S/C16H18N2O4S2/c1-22-16(19)12-8-15(23-10-12)24(20,21)18-9-14-13-5-3-2-4-11(13)6-7-17-14/h2-5,8,10,14,17-18H,6-7,9H2,1H3. The van der Waals surface area contributed by atoms with E-state index in [0.29, 0.717) is 0 Å². The number of fused-ring (bicyclic) bond motifs is 1. The van der Waals surface area contributed by atoms with Gasteiger partial charge in [-0.15, -0.1) is 11.3 Å². The van der Waals surface area contributed by atoms with Crippen molar-refractivity contribution < 1.29 is 17.9 Å². The quantitative estimate of drug-likeness (QED) is 0.787. The minimum Gasteiger partial charge on any atom is -0.465 e. The molecule has 0 spiro atoms. The van der Waals surface area contributed by atoms with Gasteiger partial charge in [-0.25, -0.2) is 17.9 Å². The fourth-order valence-electron chi connectivity index (χ4n) is 2.72. The van der Waals surface area contributed by atoms with Crippen LogP contribution in [0.15, 0.2) is 39.9 Å². The number of carbonyl (C=O) groups is 1. The summed E-state index contributed by atoms with van der Waals surface area (Å²) in [6.45, 7) is 1.07. The molecule has 1 aromatic carbocycles. The van der Waals surface area contributed by atoms with Crippen molar-refractivity contribution in [3.63, 3.8) is 0 Å². The molecule has 6 nitrogen and oxygen atoms in total. The highest BCUT2D eigenvalue weighted by atomic mass is 32.2. The average molecular weight is 366 g/mol. The number of esters is 1. The highest BCUT2D eigenvalue weighted by Crippen LogP contribution is 2.24. The summed E-state index contributed by atoms with van der Waals surface area (Å²) in [5.41, 5.74) is 2.60. The third-order valence-electron chi connectivity index (χ3n) is 3.95. The Labute approximate surface area is 144 Å². The second-order valence-electron chi connectivity index (χ2n) is 5.45. The van der Waals surface area contributed by atoms with Crippen LogP contribution >= 0.6 is 11.3 Å². The zero-order chi connectivity index (χ0) is 17.2. The predicted molar refractivity (Wildman–Crippen MR) is 91.7 cm³/mol. The Morgan fingerprint density at radius 3 is 3.00 bits per heavy atom. The van der Waals surface area contributed by atoms with Crippen molar-refractivity contribution in [3.05, 3.63) is 52.4 Å². The highest BCUT2D eigenvalue weighted by molar-refractivity contribution is 7.91. The Hall–Kier alpha value is -1.74. The first kappa shape index (κ1) is 17.1. The fourth-order valence-corrected chi connectivity index (χ4v) is 4.96. The number of methoxy groups -OCH3 is 1. The molecule has 3 rings (SSSR count). The number of thiophene rings is 1. The SMILES string of the molecule is COC(=O)c1csc(S(=O)(=O)NCC2NCCc3ccccc32)c1. The van der Waals surface area contributed by atoms with E-state index in [1.165, 1.54) is 24.1 Å². The van der Waals surface area contributed by atoms with E-state index in [2.05, 4.69) is 20.8 Å². The summed E-state index contributed by atoms with van der Waals surface area (Å²) in [6, 6.07) is 9.30. The minimum absolute atomic E-state index is 0.0650. The van der Waals surface area contributed by atoms with Gasteiger partial charge in [0, 0.05) is 18.0 Å². The van der Waals surface area contributed by atoms with Gasteiger partial charge in [0.25, 0.3) is 0 Å². The maximum atomic E-state index is 12.4. The molecule has 0 radical (unpaired) electrons. The number of sulfonamides is 1. The summed E-state index contributed by atoms with van der Waals surface area (Å²) in [5, 5.41) is 4.81. The van der Waals surface area contributed by atoms with Crippen LogP contribution in [-0.4, -0.2) is 34.6 Å². The largest absolute Gasteiger partial charge is 0.465 e. The molecule has 1 atom stereocenters. The fraction of sp³-hybridized carbons (Fsp3) is 0.312. The number of hydrogen-bond acceptors (Lipinski definition) is 6. The van der Waals surface area contributed by atoms with Gasteiger partial charge in [-0.2, -0.15) is 0 Å². The van der Waals surface area contributed by atoms with E-state index in [0.717, 1.165) is 29.9 Å². The van der Waals surface area contributed by atoms with Gasteiger partial charge in [-0.05, 0) is 30.2 Å². The Balaban J connectivity index is 1.72. The second kappa shape index (κ2) is 7.02. The molecular formula is C16H18N2O4S2. The van der Waals surface area contributed by atoms with Gasteiger partial charge in [-0.3, -0.25) is 0 Å². The lowest BCUT2D eigenvalue weighted by atomic mass is 9.95. The summed E-state index contributed by atoms with van der Waals surface area (Å²) in [6.07, 6.45) is 0.937. The molecule has 0 saturated carbocycles. The summed E-state index contributed by atoms with van der Waals surface area (Å²) >= 11 is 1.00. The van der Waals surface area contributed by atoms with Crippen LogP contribution in [0.3, 0.4) is 0 Å². The molecule has 1 aliphatic heterocycles. The lowest BCUT2D eigenvalue weighted by Crippen LogP contribution is -2.38. The molecule has 0 fully saturated rings. The van der Waals surface area contributed by atoms with Crippen molar-refractivity contribution in [2.45, 2.75) is 16.7 Å². The maximum Gasteiger partial charge on any atom is 0.338 e. The van der Waals surface area contributed by atoms with Crippen molar-refractivity contribution in [2.24, 2.45) is 0 Å². The first-order chi connectivity index (χ1) is 11.5. The van der Waals surface area contributed by atoms with Crippen LogP contribution in [-0.2, 0) is 21.2 Å². The average Bonchev–Trinajstić information content (AvgIpc) is 3.10. The number of nitrogens with one attached hydrogen (secondary N) is 2. The molecule has 1 aromatic heterocycles. The maximum absolute atomic E-state index is 12.4. The van der Waals surface area contributed by atoms with Gasteiger partial charge in [0.1, 0.15) is 4.21 Å². The zero-order valence-electron chi connectivity index (χ0n) is 13.1. The van der Waals surface area contributed by atoms with E-state index in [-0.39, 0.29) is 22.4 Å².